The van der Waals surface area contributed by atoms with Gasteiger partial charge in [0.05, 0.1) is 18.3 Å². The Kier molecular flexibility index (Phi) is 5.01. The van der Waals surface area contributed by atoms with E-state index >= 15 is 0 Å². The maximum absolute atomic E-state index is 12.4. The highest BCUT2D eigenvalue weighted by Crippen LogP contribution is 2.21. The Morgan fingerprint density at radius 3 is 2.20 bits per heavy atom. The fraction of sp³-hybridized carbons (Fsp3) is 0.353. The fourth-order valence-electron chi connectivity index (χ4n) is 2.00. The van der Waals surface area contributed by atoms with Crippen molar-refractivity contribution in [3.05, 3.63) is 53.3 Å². The lowest BCUT2D eigenvalue weighted by molar-refractivity contribution is -0.0885. The highest BCUT2D eigenvalue weighted by atomic mass is 19.4. The minimum Gasteiger partial charge on any atom is -0.456 e. The fourth-order valence-corrected chi connectivity index (χ4v) is 2.00. The molecule has 0 amide bonds. The molecule has 1 heterocycles. The smallest absolute Gasteiger partial charge is 0.454 e. The van der Waals surface area contributed by atoms with Crippen LogP contribution in [0.5, 0.6) is 0 Å². The topological polar surface area (TPSA) is 61.2 Å². The molecular formula is C17H17F3N2O3. The van der Waals surface area contributed by atoms with Crippen LogP contribution in [0.2, 0.25) is 0 Å². The zero-order chi connectivity index (χ0) is 18.8. The summed E-state index contributed by atoms with van der Waals surface area (Å²) in [7, 11) is 0. The molecule has 0 aliphatic carbocycles. The van der Waals surface area contributed by atoms with Crippen molar-refractivity contribution < 1.29 is 27.5 Å². The summed E-state index contributed by atoms with van der Waals surface area (Å²) in [5.74, 6) is -2.39. The Hall–Kier alpha value is -2.64. The minimum absolute atomic E-state index is 0.239. The predicted molar refractivity (Wildman–Crippen MR) is 83.3 cm³/mol. The first-order valence-electron chi connectivity index (χ1n) is 7.42. The van der Waals surface area contributed by atoms with Gasteiger partial charge in [-0.2, -0.15) is 18.3 Å². The minimum atomic E-state index is -4.90. The largest absolute Gasteiger partial charge is 0.456 e. The number of ketones is 1. The molecule has 2 aromatic rings. The normalized spacial score (nSPS) is 12.1. The average Bonchev–Trinajstić information content (AvgIpc) is 2.93. The van der Waals surface area contributed by atoms with E-state index in [2.05, 4.69) is 5.10 Å². The van der Waals surface area contributed by atoms with Crippen molar-refractivity contribution in [1.82, 2.24) is 9.78 Å². The summed E-state index contributed by atoms with van der Waals surface area (Å²) < 4.78 is 43.8. The standard InChI is InChI=1S/C17H17F3N2O3/c1-16(2,3)25-15(24)13-8-21-22(10-13)9-11-4-6-12(7-5-11)14(23)17(18,19)20/h4-8,10H,9H2,1-3H3. The number of esters is 1. The van der Waals surface area contributed by atoms with Crippen LogP contribution in [-0.2, 0) is 11.3 Å². The van der Waals surface area contributed by atoms with E-state index in [1.165, 1.54) is 29.2 Å². The van der Waals surface area contributed by atoms with Gasteiger partial charge in [-0.1, -0.05) is 24.3 Å². The van der Waals surface area contributed by atoms with Gasteiger partial charge in [-0.3, -0.25) is 9.48 Å². The quantitative estimate of drug-likeness (QED) is 0.621. The molecule has 0 saturated carbocycles. The summed E-state index contributed by atoms with van der Waals surface area (Å²) in [6.07, 6.45) is -2.05. The van der Waals surface area contributed by atoms with Crippen LogP contribution in [-0.4, -0.2) is 33.3 Å². The Morgan fingerprint density at radius 2 is 1.68 bits per heavy atom. The summed E-state index contributed by atoms with van der Waals surface area (Å²) in [5.41, 5.74) is -0.137. The average molecular weight is 354 g/mol. The van der Waals surface area contributed by atoms with Gasteiger partial charge in [-0.05, 0) is 26.3 Å². The number of hydrogen-bond acceptors (Lipinski definition) is 4. The van der Waals surface area contributed by atoms with Crippen molar-refractivity contribution in [1.29, 1.82) is 0 Å². The van der Waals surface area contributed by atoms with Gasteiger partial charge in [0.25, 0.3) is 5.78 Å². The number of carbonyl (C=O) groups excluding carboxylic acids is 2. The number of aromatic nitrogens is 2. The SMILES string of the molecule is CC(C)(C)OC(=O)c1cnn(Cc2ccc(C(=O)C(F)(F)F)cc2)c1. The Bertz CT molecular complexity index is 772. The predicted octanol–water partition coefficient (Wildman–Crippen LogP) is 3.63. The number of benzene rings is 1. The summed E-state index contributed by atoms with van der Waals surface area (Å²) in [4.78, 5) is 23.1. The molecule has 0 bridgehead atoms. The molecule has 0 radical (unpaired) electrons. The van der Waals surface area contributed by atoms with Crippen LogP contribution in [0.15, 0.2) is 36.7 Å². The van der Waals surface area contributed by atoms with Crippen molar-refractivity contribution in [2.45, 2.75) is 39.1 Å². The van der Waals surface area contributed by atoms with Crippen LogP contribution in [0.3, 0.4) is 0 Å². The number of alkyl halides is 3. The van der Waals surface area contributed by atoms with Gasteiger partial charge in [0.1, 0.15) is 5.60 Å². The van der Waals surface area contributed by atoms with Crippen molar-refractivity contribution >= 4 is 11.8 Å². The molecule has 0 spiro atoms. The molecule has 1 aromatic carbocycles. The Labute approximate surface area is 142 Å². The van der Waals surface area contributed by atoms with E-state index < -0.39 is 29.1 Å². The van der Waals surface area contributed by atoms with E-state index in [1.54, 1.807) is 20.8 Å². The van der Waals surface area contributed by atoms with Crippen LogP contribution in [0, 0.1) is 0 Å². The molecule has 25 heavy (non-hydrogen) atoms. The summed E-state index contributed by atoms with van der Waals surface area (Å²) in [5, 5.41) is 4.03. The first kappa shape index (κ1) is 18.7. The zero-order valence-corrected chi connectivity index (χ0v) is 13.9. The monoisotopic (exact) mass is 354 g/mol. The molecule has 0 fully saturated rings. The molecule has 0 N–H and O–H groups in total. The number of carbonyl (C=O) groups is 2. The molecule has 0 atom stereocenters. The molecule has 0 saturated heterocycles. The molecule has 5 nitrogen and oxygen atoms in total. The summed E-state index contributed by atoms with van der Waals surface area (Å²) >= 11 is 0. The number of Topliss-reactive ketones (excluding diaryl/α,β-unsaturated/α-hetero) is 1. The van der Waals surface area contributed by atoms with Crippen LogP contribution in [0.1, 0.15) is 47.1 Å². The molecule has 134 valence electrons. The van der Waals surface area contributed by atoms with Crippen LogP contribution in [0.4, 0.5) is 13.2 Å². The maximum atomic E-state index is 12.4. The lowest BCUT2D eigenvalue weighted by Gasteiger charge is -2.18. The van der Waals surface area contributed by atoms with Crippen molar-refractivity contribution in [2.75, 3.05) is 0 Å². The maximum Gasteiger partial charge on any atom is 0.454 e. The Balaban J connectivity index is 2.06. The van der Waals surface area contributed by atoms with Crippen LogP contribution in [0.25, 0.3) is 0 Å². The van der Waals surface area contributed by atoms with Crippen molar-refractivity contribution in [3.8, 4) is 0 Å². The molecule has 8 heteroatoms. The van der Waals surface area contributed by atoms with Crippen molar-refractivity contribution in [3.63, 3.8) is 0 Å². The second-order valence-electron chi connectivity index (χ2n) is 6.45. The van der Waals surface area contributed by atoms with E-state index in [0.29, 0.717) is 5.56 Å². The zero-order valence-electron chi connectivity index (χ0n) is 13.9. The lowest BCUT2D eigenvalue weighted by atomic mass is 10.1. The number of halogens is 3. The highest BCUT2D eigenvalue weighted by Gasteiger charge is 2.39. The van der Waals surface area contributed by atoms with Crippen LogP contribution >= 0.6 is 0 Å². The van der Waals surface area contributed by atoms with Gasteiger partial charge in [0.2, 0.25) is 0 Å². The molecule has 0 aliphatic heterocycles. The van der Waals surface area contributed by atoms with E-state index in [9.17, 15) is 22.8 Å². The Morgan fingerprint density at radius 1 is 1.08 bits per heavy atom. The molecule has 0 aliphatic rings. The van der Waals surface area contributed by atoms with Gasteiger partial charge in [0, 0.05) is 11.8 Å². The third-order valence-electron chi connectivity index (χ3n) is 3.09. The lowest BCUT2D eigenvalue weighted by Crippen LogP contribution is -2.23. The van der Waals surface area contributed by atoms with Crippen LogP contribution < -0.4 is 0 Å². The first-order valence-corrected chi connectivity index (χ1v) is 7.42. The third-order valence-corrected chi connectivity index (χ3v) is 3.09. The second-order valence-corrected chi connectivity index (χ2v) is 6.45. The van der Waals surface area contributed by atoms with E-state index in [1.807, 2.05) is 0 Å². The number of rotatable bonds is 4. The number of nitrogens with zero attached hydrogens (tertiary/aromatic N) is 2. The number of ether oxygens (including phenoxy) is 1. The van der Waals surface area contributed by atoms with E-state index in [0.717, 1.165) is 12.1 Å². The third kappa shape index (κ3) is 5.17. The van der Waals surface area contributed by atoms with Gasteiger partial charge >= 0.3 is 12.1 Å². The summed E-state index contributed by atoms with van der Waals surface area (Å²) in [6, 6.07) is 5.05. The van der Waals surface area contributed by atoms with Gasteiger partial charge in [-0.25, -0.2) is 4.79 Å². The van der Waals surface area contributed by atoms with Gasteiger partial charge in [-0.15, -0.1) is 0 Å². The van der Waals surface area contributed by atoms with E-state index in [4.69, 9.17) is 4.74 Å². The molecule has 1 aromatic heterocycles. The van der Waals surface area contributed by atoms with Crippen molar-refractivity contribution in [2.24, 2.45) is 0 Å². The number of hydrogen-bond donors (Lipinski definition) is 0. The molecule has 0 unspecified atom stereocenters. The molecule has 2 rings (SSSR count). The second kappa shape index (κ2) is 6.70. The van der Waals surface area contributed by atoms with Gasteiger partial charge in [0.15, 0.2) is 0 Å². The highest BCUT2D eigenvalue weighted by molar-refractivity contribution is 6.00. The molecular weight excluding hydrogens is 337 g/mol. The van der Waals surface area contributed by atoms with Gasteiger partial charge < -0.3 is 4.74 Å². The van der Waals surface area contributed by atoms with E-state index in [-0.39, 0.29) is 12.1 Å². The first-order chi connectivity index (χ1) is 11.5. The summed E-state index contributed by atoms with van der Waals surface area (Å²) in [6.45, 7) is 5.49.